The number of nitrogen functional groups attached to an aromatic ring is 1. The van der Waals surface area contributed by atoms with Gasteiger partial charge in [-0.3, -0.25) is 4.79 Å². The van der Waals surface area contributed by atoms with Crippen LogP contribution in [0.5, 0.6) is 5.75 Å². The Balaban J connectivity index is 1.90. The lowest BCUT2D eigenvalue weighted by Crippen LogP contribution is -2.16. The summed E-state index contributed by atoms with van der Waals surface area (Å²) in [7, 11) is 1.54. The highest BCUT2D eigenvalue weighted by atomic mass is 19.1. The number of carbonyl (C=O) groups excluding carboxylic acids is 1. The molecule has 0 saturated heterocycles. The van der Waals surface area contributed by atoms with Gasteiger partial charge in [-0.1, -0.05) is 19.1 Å². The first-order valence-electron chi connectivity index (χ1n) is 7.45. The minimum atomic E-state index is -0.257. The summed E-state index contributed by atoms with van der Waals surface area (Å²) in [4.78, 5) is 12.1. The first-order valence-corrected chi connectivity index (χ1v) is 7.45. The predicted molar refractivity (Wildman–Crippen MR) is 89.9 cm³/mol. The Hall–Kier alpha value is -2.56. The maximum atomic E-state index is 13.2. The minimum absolute atomic E-state index is 0.0986. The van der Waals surface area contributed by atoms with Gasteiger partial charge in [0, 0.05) is 12.1 Å². The average molecular weight is 316 g/mol. The number of hydrogen-bond donors (Lipinski definition) is 2. The van der Waals surface area contributed by atoms with Gasteiger partial charge in [0.1, 0.15) is 11.6 Å². The number of rotatable bonds is 6. The molecular weight excluding hydrogens is 295 g/mol. The molecule has 2 aromatic rings. The van der Waals surface area contributed by atoms with Crippen molar-refractivity contribution < 1.29 is 13.9 Å². The van der Waals surface area contributed by atoms with E-state index in [1.165, 1.54) is 19.2 Å². The number of benzene rings is 2. The van der Waals surface area contributed by atoms with Crippen LogP contribution < -0.4 is 15.8 Å². The molecule has 2 aromatic carbocycles. The summed E-state index contributed by atoms with van der Waals surface area (Å²) in [5.41, 5.74) is 7.80. The van der Waals surface area contributed by atoms with Crippen molar-refractivity contribution in [3.63, 3.8) is 0 Å². The fraction of sp³-hybridized carbons (Fsp3) is 0.278. The first-order chi connectivity index (χ1) is 11.0. The molecule has 4 nitrogen and oxygen atoms in total. The molecule has 5 heteroatoms. The molecule has 1 unspecified atom stereocenters. The zero-order chi connectivity index (χ0) is 16.8. The van der Waals surface area contributed by atoms with Gasteiger partial charge in [0.2, 0.25) is 5.91 Å². The van der Waals surface area contributed by atoms with Crippen molar-refractivity contribution in [2.45, 2.75) is 19.8 Å². The summed E-state index contributed by atoms with van der Waals surface area (Å²) in [5.74, 6) is 0.321. The van der Waals surface area contributed by atoms with E-state index >= 15 is 0 Å². The average Bonchev–Trinajstić information content (AvgIpc) is 2.47. The largest absolute Gasteiger partial charge is 0.495 e. The van der Waals surface area contributed by atoms with E-state index in [-0.39, 0.29) is 17.6 Å². The van der Waals surface area contributed by atoms with Crippen LogP contribution in [0.4, 0.5) is 15.8 Å². The Bertz CT molecular complexity index is 688. The standard InChI is InChI=1S/C18H21FN2O2/c1-12(8-13-4-3-5-14(19)10-13)9-18(22)21-15-6-7-17(23-2)16(20)11-15/h3-7,10-12H,8-9,20H2,1-2H3,(H,21,22). The topological polar surface area (TPSA) is 64.3 Å². The van der Waals surface area contributed by atoms with E-state index < -0.39 is 0 Å². The number of ether oxygens (including phenoxy) is 1. The summed E-state index contributed by atoms with van der Waals surface area (Å²) < 4.78 is 18.2. The Morgan fingerprint density at radius 1 is 1.30 bits per heavy atom. The molecule has 0 fully saturated rings. The molecule has 0 bridgehead atoms. The molecule has 3 N–H and O–H groups in total. The lowest BCUT2D eigenvalue weighted by Gasteiger charge is -2.13. The van der Waals surface area contributed by atoms with Gasteiger partial charge in [-0.2, -0.15) is 0 Å². The highest BCUT2D eigenvalue weighted by molar-refractivity contribution is 5.91. The van der Waals surface area contributed by atoms with Crippen LogP contribution >= 0.6 is 0 Å². The van der Waals surface area contributed by atoms with Crippen LogP contribution in [0.3, 0.4) is 0 Å². The fourth-order valence-corrected chi connectivity index (χ4v) is 2.48. The minimum Gasteiger partial charge on any atom is -0.495 e. The molecule has 0 heterocycles. The highest BCUT2D eigenvalue weighted by Gasteiger charge is 2.11. The Kier molecular flexibility index (Phi) is 5.57. The zero-order valence-corrected chi connectivity index (χ0v) is 13.3. The molecule has 0 aliphatic heterocycles. The van der Waals surface area contributed by atoms with Crippen molar-refractivity contribution >= 4 is 17.3 Å². The Labute approximate surface area is 135 Å². The van der Waals surface area contributed by atoms with E-state index in [0.717, 1.165) is 5.56 Å². The molecule has 1 atom stereocenters. The van der Waals surface area contributed by atoms with E-state index in [1.54, 1.807) is 24.3 Å². The number of carbonyl (C=O) groups is 1. The molecule has 122 valence electrons. The lowest BCUT2D eigenvalue weighted by atomic mass is 9.97. The van der Waals surface area contributed by atoms with Crippen molar-refractivity contribution in [3.8, 4) is 5.75 Å². The van der Waals surface area contributed by atoms with Crippen LogP contribution in [-0.2, 0) is 11.2 Å². The van der Waals surface area contributed by atoms with Gasteiger partial charge in [0.05, 0.1) is 12.8 Å². The van der Waals surface area contributed by atoms with Crippen LogP contribution in [0.25, 0.3) is 0 Å². The number of nitrogens with one attached hydrogen (secondary N) is 1. The molecule has 2 rings (SSSR count). The maximum Gasteiger partial charge on any atom is 0.224 e. The summed E-state index contributed by atoms with van der Waals surface area (Å²) in [6.45, 7) is 1.97. The predicted octanol–water partition coefficient (Wildman–Crippen LogP) is 3.62. The van der Waals surface area contributed by atoms with E-state index in [2.05, 4.69) is 5.32 Å². The second kappa shape index (κ2) is 7.63. The van der Waals surface area contributed by atoms with Gasteiger partial charge in [-0.05, 0) is 48.2 Å². The van der Waals surface area contributed by atoms with Crippen LogP contribution in [0.1, 0.15) is 18.9 Å². The molecule has 1 amide bonds. The quantitative estimate of drug-likeness (QED) is 0.800. The third-order valence-corrected chi connectivity index (χ3v) is 3.52. The van der Waals surface area contributed by atoms with Crippen LogP contribution in [0, 0.1) is 11.7 Å². The third-order valence-electron chi connectivity index (χ3n) is 3.52. The molecule has 0 aliphatic rings. The van der Waals surface area contributed by atoms with Gasteiger partial charge < -0.3 is 15.8 Å². The molecule has 23 heavy (non-hydrogen) atoms. The van der Waals surface area contributed by atoms with Crippen LogP contribution in [-0.4, -0.2) is 13.0 Å². The van der Waals surface area contributed by atoms with Gasteiger partial charge in [-0.15, -0.1) is 0 Å². The van der Waals surface area contributed by atoms with E-state index in [9.17, 15) is 9.18 Å². The number of amides is 1. The third kappa shape index (κ3) is 4.98. The van der Waals surface area contributed by atoms with Gasteiger partial charge in [-0.25, -0.2) is 4.39 Å². The van der Waals surface area contributed by atoms with Gasteiger partial charge in [0.15, 0.2) is 0 Å². The number of anilines is 2. The zero-order valence-electron chi connectivity index (χ0n) is 13.3. The smallest absolute Gasteiger partial charge is 0.224 e. The van der Waals surface area contributed by atoms with Crippen molar-refractivity contribution in [2.24, 2.45) is 5.92 Å². The van der Waals surface area contributed by atoms with Gasteiger partial charge in [0.25, 0.3) is 0 Å². The second-order valence-corrected chi connectivity index (χ2v) is 5.65. The molecule has 0 aliphatic carbocycles. The van der Waals surface area contributed by atoms with Crippen molar-refractivity contribution in [3.05, 3.63) is 53.8 Å². The van der Waals surface area contributed by atoms with Crippen molar-refractivity contribution in [1.82, 2.24) is 0 Å². The monoisotopic (exact) mass is 316 g/mol. The van der Waals surface area contributed by atoms with E-state index in [0.29, 0.717) is 30.0 Å². The second-order valence-electron chi connectivity index (χ2n) is 5.65. The number of halogens is 1. The molecule has 0 aromatic heterocycles. The van der Waals surface area contributed by atoms with Crippen molar-refractivity contribution in [2.75, 3.05) is 18.2 Å². The number of nitrogens with two attached hydrogens (primary N) is 1. The summed E-state index contributed by atoms with van der Waals surface area (Å²) in [5, 5.41) is 2.81. The molecule has 0 saturated carbocycles. The first kappa shape index (κ1) is 16.8. The van der Waals surface area contributed by atoms with E-state index in [1.807, 2.05) is 13.0 Å². The number of hydrogen-bond acceptors (Lipinski definition) is 3. The summed E-state index contributed by atoms with van der Waals surface area (Å²) in [6, 6.07) is 11.6. The van der Waals surface area contributed by atoms with Crippen LogP contribution in [0.2, 0.25) is 0 Å². The van der Waals surface area contributed by atoms with Gasteiger partial charge >= 0.3 is 0 Å². The Morgan fingerprint density at radius 2 is 2.09 bits per heavy atom. The SMILES string of the molecule is COc1ccc(NC(=O)CC(C)Cc2cccc(F)c2)cc1N. The molecule has 0 spiro atoms. The maximum absolute atomic E-state index is 13.2. The molecular formula is C18H21FN2O2. The summed E-state index contributed by atoms with van der Waals surface area (Å²) >= 11 is 0. The normalized spacial score (nSPS) is 11.8. The lowest BCUT2D eigenvalue weighted by molar-refractivity contribution is -0.116. The van der Waals surface area contributed by atoms with Crippen molar-refractivity contribution in [1.29, 1.82) is 0 Å². The Morgan fingerprint density at radius 3 is 2.74 bits per heavy atom. The summed E-state index contributed by atoms with van der Waals surface area (Å²) in [6.07, 6.45) is 0.998. The number of methoxy groups -OCH3 is 1. The van der Waals surface area contributed by atoms with E-state index in [4.69, 9.17) is 10.5 Å². The molecule has 0 radical (unpaired) electrons. The fourth-order valence-electron chi connectivity index (χ4n) is 2.48. The highest BCUT2D eigenvalue weighted by Crippen LogP contribution is 2.25. The van der Waals surface area contributed by atoms with Crippen LogP contribution in [0.15, 0.2) is 42.5 Å².